The van der Waals surface area contributed by atoms with Crippen LogP contribution >= 0.6 is 0 Å². The highest BCUT2D eigenvalue weighted by molar-refractivity contribution is 7.89. The molecule has 210 valence electrons. The van der Waals surface area contributed by atoms with E-state index in [9.17, 15) is 13.2 Å². The Morgan fingerprint density at radius 1 is 1.05 bits per heavy atom. The number of ether oxygens (including phenoxy) is 1. The second-order valence-corrected chi connectivity index (χ2v) is 12.2. The Balaban J connectivity index is 1.50. The van der Waals surface area contributed by atoms with Gasteiger partial charge in [0.2, 0.25) is 15.9 Å². The molecule has 9 heteroatoms. The van der Waals surface area contributed by atoms with Gasteiger partial charge in [-0.1, -0.05) is 13.8 Å². The fourth-order valence-electron chi connectivity index (χ4n) is 5.17. The van der Waals surface area contributed by atoms with Crippen molar-refractivity contribution < 1.29 is 17.9 Å². The van der Waals surface area contributed by atoms with E-state index in [-0.39, 0.29) is 23.8 Å². The maximum absolute atomic E-state index is 13.2. The van der Waals surface area contributed by atoms with Crippen molar-refractivity contribution in [3.05, 3.63) is 47.5 Å². The third-order valence-electron chi connectivity index (χ3n) is 7.53. The standard InChI is InChI=1S/C29H44N4O4S/c1-7-32(8-2)21-24-13-17-33(18-14-24)26-11-9-25(10-12-26)30-28(34)15-16-31(5)38(35,36)29-22(3)19-27(37-6)20-23(29)4/h9-12,19-20,24H,7-8,13-18,21H2,1-6H3,(H,30,34). The lowest BCUT2D eigenvalue weighted by molar-refractivity contribution is -0.116. The van der Waals surface area contributed by atoms with E-state index in [4.69, 9.17) is 4.74 Å². The van der Waals surface area contributed by atoms with Crippen molar-refractivity contribution in [2.45, 2.75) is 51.9 Å². The van der Waals surface area contributed by atoms with Crippen LogP contribution in [0.4, 0.5) is 11.4 Å². The second kappa shape index (κ2) is 13.4. The summed E-state index contributed by atoms with van der Waals surface area (Å²) in [5.74, 6) is 1.15. The van der Waals surface area contributed by atoms with Gasteiger partial charge in [-0.2, -0.15) is 0 Å². The molecule has 1 N–H and O–H groups in total. The van der Waals surface area contributed by atoms with Gasteiger partial charge in [0.25, 0.3) is 0 Å². The van der Waals surface area contributed by atoms with Crippen LogP contribution in [0, 0.1) is 19.8 Å². The summed E-state index contributed by atoms with van der Waals surface area (Å²) in [6.45, 7) is 13.5. The minimum atomic E-state index is -3.74. The van der Waals surface area contributed by atoms with Crippen molar-refractivity contribution in [2.75, 3.05) is 63.6 Å². The van der Waals surface area contributed by atoms with Crippen molar-refractivity contribution >= 4 is 27.3 Å². The molecule has 0 saturated carbocycles. The number of amides is 1. The molecule has 38 heavy (non-hydrogen) atoms. The quantitative estimate of drug-likeness (QED) is 0.423. The van der Waals surface area contributed by atoms with E-state index in [0.717, 1.165) is 32.1 Å². The SMILES string of the molecule is CCN(CC)CC1CCN(c2ccc(NC(=O)CCN(C)S(=O)(=O)c3c(C)cc(OC)cc3C)cc2)CC1. The van der Waals surface area contributed by atoms with Crippen LogP contribution in [-0.4, -0.2) is 77.0 Å². The Kier molecular flexibility index (Phi) is 10.6. The average Bonchev–Trinajstić information content (AvgIpc) is 2.90. The van der Waals surface area contributed by atoms with Gasteiger partial charge in [0.05, 0.1) is 12.0 Å². The first-order valence-electron chi connectivity index (χ1n) is 13.6. The smallest absolute Gasteiger partial charge is 0.243 e. The van der Waals surface area contributed by atoms with Gasteiger partial charge in [-0.15, -0.1) is 0 Å². The molecule has 0 aromatic heterocycles. The highest BCUT2D eigenvalue weighted by atomic mass is 32.2. The monoisotopic (exact) mass is 544 g/mol. The normalized spacial score (nSPS) is 14.8. The molecule has 0 radical (unpaired) electrons. The van der Waals surface area contributed by atoms with E-state index >= 15 is 0 Å². The van der Waals surface area contributed by atoms with Gasteiger partial charge in [-0.05, 0) is 93.2 Å². The Bertz CT molecular complexity index is 1150. The minimum Gasteiger partial charge on any atom is -0.497 e. The van der Waals surface area contributed by atoms with Crippen molar-refractivity contribution in [3.8, 4) is 5.75 Å². The van der Waals surface area contributed by atoms with Crippen LogP contribution in [-0.2, 0) is 14.8 Å². The van der Waals surface area contributed by atoms with Gasteiger partial charge in [0.1, 0.15) is 5.75 Å². The molecule has 3 rings (SSSR count). The summed E-state index contributed by atoms with van der Waals surface area (Å²) < 4.78 is 32.8. The predicted octanol–water partition coefficient (Wildman–Crippen LogP) is 4.52. The van der Waals surface area contributed by atoms with Gasteiger partial charge >= 0.3 is 0 Å². The second-order valence-electron chi connectivity index (χ2n) is 10.2. The summed E-state index contributed by atoms with van der Waals surface area (Å²) in [6, 6.07) is 11.3. The molecule has 1 aliphatic heterocycles. The van der Waals surface area contributed by atoms with E-state index in [1.54, 1.807) is 33.1 Å². The number of rotatable bonds is 12. The Morgan fingerprint density at radius 2 is 1.63 bits per heavy atom. The van der Waals surface area contributed by atoms with Gasteiger partial charge in [0, 0.05) is 51.0 Å². The maximum Gasteiger partial charge on any atom is 0.243 e. The summed E-state index contributed by atoms with van der Waals surface area (Å²) in [5.41, 5.74) is 3.11. The van der Waals surface area contributed by atoms with E-state index in [2.05, 4.69) is 29.0 Å². The maximum atomic E-state index is 13.2. The van der Waals surface area contributed by atoms with E-state index in [1.165, 1.54) is 36.4 Å². The third kappa shape index (κ3) is 7.48. The fourth-order valence-corrected chi connectivity index (χ4v) is 6.74. The zero-order valence-electron chi connectivity index (χ0n) is 23.8. The largest absolute Gasteiger partial charge is 0.497 e. The predicted molar refractivity (Wildman–Crippen MR) is 155 cm³/mol. The van der Waals surface area contributed by atoms with Crippen LogP contribution in [0.5, 0.6) is 5.75 Å². The minimum absolute atomic E-state index is 0.0613. The number of anilines is 2. The number of hydrogen-bond donors (Lipinski definition) is 1. The van der Waals surface area contributed by atoms with Crippen molar-refractivity contribution in [2.24, 2.45) is 5.92 Å². The molecular weight excluding hydrogens is 500 g/mol. The van der Waals surface area contributed by atoms with Crippen molar-refractivity contribution in [3.63, 3.8) is 0 Å². The lowest BCUT2D eigenvalue weighted by Crippen LogP contribution is -2.38. The number of nitrogens with one attached hydrogen (secondary N) is 1. The topological polar surface area (TPSA) is 82.2 Å². The van der Waals surface area contributed by atoms with Crippen LogP contribution in [0.1, 0.15) is 44.2 Å². The number of carbonyl (C=O) groups is 1. The number of sulfonamides is 1. The van der Waals surface area contributed by atoms with Crippen molar-refractivity contribution in [1.29, 1.82) is 0 Å². The van der Waals surface area contributed by atoms with Crippen LogP contribution in [0.2, 0.25) is 0 Å². The number of carbonyl (C=O) groups excluding carboxylic acids is 1. The van der Waals surface area contributed by atoms with Gasteiger partial charge in [0.15, 0.2) is 0 Å². The van der Waals surface area contributed by atoms with E-state index in [0.29, 0.717) is 22.6 Å². The van der Waals surface area contributed by atoms with E-state index < -0.39 is 10.0 Å². The molecule has 1 amide bonds. The summed E-state index contributed by atoms with van der Waals surface area (Å²) in [7, 11) is -0.677. The molecule has 1 aliphatic rings. The number of piperidine rings is 1. The highest BCUT2D eigenvalue weighted by Gasteiger charge is 2.26. The van der Waals surface area contributed by atoms with Crippen LogP contribution < -0.4 is 15.0 Å². The van der Waals surface area contributed by atoms with Crippen LogP contribution in [0.15, 0.2) is 41.3 Å². The first-order valence-corrected chi connectivity index (χ1v) is 15.0. The zero-order valence-corrected chi connectivity index (χ0v) is 24.6. The summed E-state index contributed by atoms with van der Waals surface area (Å²) in [6.07, 6.45) is 2.45. The molecule has 2 aromatic carbocycles. The lowest BCUT2D eigenvalue weighted by Gasteiger charge is -2.35. The molecule has 1 fully saturated rings. The fraction of sp³-hybridized carbons (Fsp3) is 0.552. The molecule has 2 aromatic rings. The summed E-state index contributed by atoms with van der Waals surface area (Å²) in [5, 5.41) is 2.90. The highest BCUT2D eigenvalue weighted by Crippen LogP contribution is 2.28. The lowest BCUT2D eigenvalue weighted by atomic mass is 9.95. The molecule has 0 unspecified atom stereocenters. The average molecular weight is 545 g/mol. The Hall–Kier alpha value is -2.62. The first kappa shape index (κ1) is 29.9. The number of benzene rings is 2. The molecule has 0 atom stereocenters. The van der Waals surface area contributed by atoms with Gasteiger partial charge in [-0.3, -0.25) is 4.79 Å². The molecule has 1 heterocycles. The molecule has 0 aliphatic carbocycles. The van der Waals surface area contributed by atoms with Crippen LogP contribution in [0.3, 0.4) is 0 Å². The zero-order chi connectivity index (χ0) is 27.9. The molecular formula is C29H44N4O4S. The third-order valence-corrected chi connectivity index (χ3v) is 9.70. The van der Waals surface area contributed by atoms with Crippen molar-refractivity contribution in [1.82, 2.24) is 9.21 Å². The Labute approximate surface area is 229 Å². The van der Waals surface area contributed by atoms with E-state index in [1.807, 2.05) is 24.3 Å². The molecule has 8 nitrogen and oxygen atoms in total. The molecule has 1 saturated heterocycles. The number of hydrogen-bond acceptors (Lipinski definition) is 6. The number of methoxy groups -OCH3 is 1. The Morgan fingerprint density at radius 3 is 2.16 bits per heavy atom. The van der Waals surface area contributed by atoms with Crippen LogP contribution in [0.25, 0.3) is 0 Å². The van der Waals surface area contributed by atoms with Gasteiger partial charge in [-0.25, -0.2) is 12.7 Å². The summed E-state index contributed by atoms with van der Waals surface area (Å²) >= 11 is 0. The summed E-state index contributed by atoms with van der Waals surface area (Å²) in [4.78, 5) is 17.8. The first-order chi connectivity index (χ1) is 18.1. The number of nitrogens with zero attached hydrogens (tertiary/aromatic N) is 3. The van der Waals surface area contributed by atoms with Gasteiger partial charge < -0.3 is 19.9 Å². The molecule has 0 spiro atoms. The molecule has 0 bridgehead atoms. The number of aryl methyl sites for hydroxylation is 2.